The molecule has 150 valence electrons. The van der Waals surface area contributed by atoms with Crippen LogP contribution in [0.25, 0.3) is 0 Å². The van der Waals surface area contributed by atoms with Crippen LogP contribution < -0.4 is 5.32 Å². The Morgan fingerprint density at radius 2 is 2.11 bits per heavy atom. The number of pyridine rings is 1. The Morgan fingerprint density at radius 3 is 2.68 bits per heavy atom. The molecule has 0 bridgehead atoms. The van der Waals surface area contributed by atoms with E-state index in [1.54, 1.807) is 13.8 Å². The maximum Gasteiger partial charge on any atom is 0.340 e. The standard InChI is InChI=1S/C19H23N3O6/c1-9(2)19(4)18(25)21-15(22-19)14-12(16(24)26-5)7-11(8-20-14)17-27-10(3)6-13(23)28-17/h7-10,17H,6H2,1-5H3,(H,21,22,25). The molecule has 3 atom stereocenters. The van der Waals surface area contributed by atoms with Gasteiger partial charge >= 0.3 is 11.9 Å². The first kappa shape index (κ1) is 19.9. The van der Waals surface area contributed by atoms with Crippen LogP contribution in [0.3, 0.4) is 0 Å². The highest BCUT2D eigenvalue weighted by atomic mass is 16.7. The zero-order valence-electron chi connectivity index (χ0n) is 16.4. The Kier molecular flexibility index (Phi) is 5.20. The van der Waals surface area contributed by atoms with Gasteiger partial charge in [-0.1, -0.05) is 13.8 Å². The molecule has 2 aliphatic heterocycles. The minimum atomic E-state index is -0.970. The van der Waals surface area contributed by atoms with Crippen LogP contribution in [0.5, 0.6) is 0 Å². The first-order valence-corrected chi connectivity index (χ1v) is 9.00. The van der Waals surface area contributed by atoms with E-state index in [1.807, 2.05) is 13.8 Å². The van der Waals surface area contributed by atoms with E-state index in [0.29, 0.717) is 5.56 Å². The largest absolute Gasteiger partial charge is 0.465 e. The van der Waals surface area contributed by atoms with Gasteiger partial charge in [0.2, 0.25) is 6.29 Å². The Hall–Kier alpha value is -2.81. The summed E-state index contributed by atoms with van der Waals surface area (Å²) in [4.78, 5) is 45.2. The molecule has 0 aromatic carbocycles. The number of amides is 1. The third-order valence-corrected chi connectivity index (χ3v) is 5.02. The van der Waals surface area contributed by atoms with E-state index in [4.69, 9.17) is 14.2 Å². The first-order valence-electron chi connectivity index (χ1n) is 9.00. The van der Waals surface area contributed by atoms with Crippen molar-refractivity contribution in [3.05, 3.63) is 29.1 Å². The van der Waals surface area contributed by atoms with Crippen molar-refractivity contribution < 1.29 is 28.6 Å². The van der Waals surface area contributed by atoms with Gasteiger partial charge < -0.3 is 19.5 Å². The number of rotatable bonds is 4. The number of methoxy groups -OCH3 is 1. The number of aromatic nitrogens is 1. The fourth-order valence-corrected chi connectivity index (χ4v) is 2.95. The monoisotopic (exact) mass is 389 g/mol. The number of carbonyl (C=O) groups is 3. The zero-order chi connectivity index (χ0) is 20.6. The average molecular weight is 389 g/mol. The predicted molar refractivity (Wildman–Crippen MR) is 97.5 cm³/mol. The smallest absolute Gasteiger partial charge is 0.340 e. The van der Waals surface area contributed by atoms with Crippen LogP contribution in [0, 0.1) is 5.92 Å². The summed E-state index contributed by atoms with van der Waals surface area (Å²) in [6.45, 7) is 7.26. The second kappa shape index (κ2) is 7.31. The van der Waals surface area contributed by atoms with Crippen molar-refractivity contribution in [2.75, 3.05) is 7.11 Å². The van der Waals surface area contributed by atoms with E-state index in [1.165, 1.54) is 19.4 Å². The molecule has 1 aromatic heterocycles. The van der Waals surface area contributed by atoms with Crippen molar-refractivity contribution in [3.8, 4) is 0 Å². The Labute approximate surface area is 162 Å². The molecule has 9 nitrogen and oxygen atoms in total. The number of hydrogen-bond donors (Lipinski definition) is 1. The summed E-state index contributed by atoms with van der Waals surface area (Å²) in [5, 5.41) is 2.70. The molecule has 3 unspecified atom stereocenters. The third kappa shape index (κ3) is 3.49. The van der Waals surface area contributed by atoms with Gasteiger partial charge in [-0.15, -0.1) is 0 Å². The van der Waals surface area contributed by atoms with Crippen molar-refractivity contribution in [2.24, 2.45) is 10.9 Å². The number of amidine groups is 1. The van der Waals surface area contributed by atoms with E-state index in [9.17, 15) is 14.4 Å². The fraction of sp³-hybridized carbons (Fsp3) is 0.526. The fourth-order valence-electron chi connectivity index (χ4n) is 2.95. The summed E-state index contributed by atoms with van der Waals surface area (Å²) in [6.07, 6.45) is 0.292. The van der Waals surface area contributed by atoms with Gasteiger partial charge in [0, 0.05) is 11.8 Å². The number of nitrogens with one attached hydrogen (secondary N) is 1. The molecule has 1 fully saturated rings. The summed E-state index contributed by atoms with van der Waals surface area (Å²) in [5.41, 5.74) is -0.297. The normalized spacial score (nSPS) is 27.3. The predicted octanol–water partition coefficient (Wildman–Crippen LogP) is 1.51. The van der Waals surface area contributed by atoms with Crippen LogP contribution in [0.1, 0.15) is 62.0 Å². The number of hydrogen-bond acceptors (Lipinski definition) is 8. The van der Waals surface area contributed by atoms with Crippen LogP contribution in [0.2, 0.25) is 0 Å². The maximum atomic E-state index is 12.4. The molecule has 2 aliphatic rings. The third-order valence-electron chi connectivity index (χ3n) is 5.02. The minimum Gasteiger partial charge on any atom is -0.465 e. The van der Waals surface area contributed by atoms with Gasteiger partial charge in [-0.25, -0.2) is 9.79 Å². The molecular formula is C19H23N3O6. The zero-order valence-corrected chi connectivity index (χ0v) is 16.4. The second-order valence-electron chi connectivity index (χ2n) is 7.35. The Balaban J connectivity index is 2.02. The lowest BCUT2D eigenvalue weighted by Gasteiger charge is -2.27. The summed E-state index contributed by atoms with van der Waals surface area (Å²) >= 11 is 0. The number of aliphatic imine (C=N–C) groups is 1. The van der Waals surface area contributed by atoms with Crippen LogP contribution in [0.15, 0.2) is 17.3 Å². The van der Waals surface area contributed by atoms with Gasteiger partial charge in [0.15, 0.2) is 5.84 Å². The molecule has 0 radical (unpaired) electrons. The van der Waals surface area contributed by atoms with E-state index in [-0.39, 0.29) is 41.4 Å². The molecule has 0 aliphatic carbocycles. The van der Waals surface area contributed by atoms with Crippen LogP contribution >= 0.6 is 0 Å². The number of ether oxygens (including phenoxy) is 3. The van der Waals surface area contributed by atoms with E-state index in [2.05, 4.69) is 15.3 Å². The quantitative estimate of drug-likeness (QED) is 0.776. The van der Waals surface area contributed by atoms with E-state index < -0.39 is 23.8 Å². The number of esters is 2. The van der Waals surface area contributed by atoms with Gasteiger partial charge in [-0.3, -0.25) is 14.6 Å². The molecule has 1 aromatic rings. The molecule has 1 saturated heterocycles. The number of cyclic esters (lactones) is 1. The lowest BCUT2D eigenvalue weighted by atomic mass is 9.89. The van der Waals surface area contributed by atoms with Crippen molar-refractivity contribution in [2.45, 2.75) is 52.0 Å². The number of carbonyl (C=O) groups excluding carboxylic acids is 3. The molecular weight excluding hydrogens is 366 g/mol. The van der Waals surface area contributed by atoms with Gasteiger partial charge in [-0.2, -0.15) is 0 Å². The molecule has 3 heterocycles. The van der Waals surface area contributed by atoms with Crippen molar-refractivity contribution in [3.63, 3.8) is 0 Å². The second-order valence-corrected chi connectivity index (χ2v) is 7.35. The van der Waals surface area contributed by atoms with Crippen molar-refractivity contribution in [1.29, 1.82) is 0 Å². The Morgan fingerprint density at radius 1 is 1.39 bits per heavy atom. The van der Waals surface area contributed by atoms with Crippen LogP contribution in [-0.2, 0) is 23.8 Å². The summed E-state index contributed by atoms with van der Waals surface area (Å²) in [7, 11) is 1.24. The van der Waals surface area contributed by atoms with Gasteiger partial charge in [0.1, 0.15) is 11.2 Å². The van der Waals surface area contributed by atoms with Crippen LogP contribution in [-0.4, -0.2) is 47.4 Å². The minimum absolute atomic E-state index is 0.0533. The maximum absolute atomic E-state index is 12.4. The van der Waals surface area contributed by atoms with Crippen molar-refractivity contribution in [1.82, 2.24) is 10.3 Å². The molecule has 3 rings (SSSR count). The highest BCUT2D eigenvalue weighted by Crippen LogP contribution is 2.30. The Bertz CT molecular complexity index is 865. The summed E-state index contributed by atoms with van der Waals surface area (Å²) < 4.78 is 15.7. The highest BCUT2D eigenvalue weighted by Gasteiger charge is 2.43. The first-order chi connectivity index (χ1) is 13.2. The summed E-state index contributed by atoms with van der Waals surface area (Å²) in [6, 6.07) is 1.48. The van der Waals surface area contributed by atoms with Crippen molar-refractivity contribution >= 4 is 23.7 Å². The van der Waals surface area contributed by atoms with E-state index >= 15 is 0 Å². The highest BCUT2D eigenvalue weighted by molar-refractivity contribution is 6.17. The van der Waals surface area contributed by atoms with E-state index in [0.717, 1.165) is 0 Å². The molecule has 1 N–H and O–H groups in total. The molecule has 9 heteroatoms. The molecule has 0 saturated carbocycles. The van der Waals surface area contributed by atoms with Gasteiger partial charge in [0.05, 0.1) is 25.2 Å². The molecule has 1 amide bonds. The SMILES string of the molecule is COC(=O)c1cc(C2OC(=O)CC(C)O2)cnc1C1=NC(C)(C(C)C)C(=O)N1. The summed E-state index contributed by atoms with van der Waals surface area (Å²) in [5.74, 6) is -1.18. The lowest BCUT2D eigenvalue weighted by molar-refractivity contribution is -0.215. The van der Waals surface area contributed by atoms with Crippen LogP contribution in [0.4, 0.5) is 0 Å². The molecule has 0 spiro atoms. The number of nitrogens with zero attached hydrogens (tertiary/aromatic N) is 2. The average Bonchev–Trinajstić information content (AvgIpc) is 2.96. The van der Waals surface area contributed by atoms with Gasteiger partial charge in [-0.05, 0) is 25.8 Å². The lowest BCUT2D eigenvalue weighted by Crippen LogP contribution is -2.41. The van der Waals surface area contributed by atoms with Gasteiger partial charge in [0.25, 0.3) is 5.91 Å². The topological polar surface area (TPSA) is 116 Å². The molecule has 28 heavy (non-hydrogen) atoms.